The lowest BCUT2D eigenvalue weighted by Gasteiger charge is -1.99. The molecule has 1 N–H and O–H groups in total. The summed E-state index contributed by atoms with van der Waals surface area (Å²) in [5.41, 5.74) is 0. The van der Waals surface area contributed by atoms with Gasteiger partial charge in [-0.1, -0.05) is 0 Å². The van der Waals surface area contributed by atoms with Crippen LogP contribution in [0.25, 0.3) is 0 Å². The Morgan fingerprint density at radius 1 is 1.40 bits per heavy atom. The maximum atomic E-state index is 9.92. The van der Waals surface area contributed by atoms with Gasteiger partial charge < -0.3 is 14.6 Å². The number of hydrogen-bond donors (Lipinski definition) is 1. The second kappa shape index (κ2) is 6.51. The summed E-state index contributed by atoms with van der Waals surface area (Å²) in [6.45, 7) is 1.24. The van der Waals surface area contributed by atoms with Crippen LogP contribution in [0.1, 0.15) is 6.42 Å². The molecule has 0 heterocycles. The number of hydrogen-bond acceptors (Lipinski definition) is 3. The third-order valence-electron chi connectivity index (χ3n) is 0.892. The molecule has 0 radical (unpaired) electrons. The van der Waals surface area contributed by atoms with Crippen molar-refractivity contribution in [1.82, 2.24) is 0 Å². The summed E-state index contributed by atoms with van der Waals surface area (Å²) in [6.07, 6.45) is 0.0592. The molecule has 0 aromatic heterocycles. The molecule has 0 unspecified atom stereocenters. The maximum absolute atomic E-state index is 9.92. The largest absolute Gasteiger partial charge is 0.481 e. The first-order valence-electron chi connectivity index (χ1n) is 3.06. The second-order valence-corrected chi connectivity index (χ2v) is 1.75. The van der Waals surface area contributed by atoms with Crippen LogP contribution in [-0.4, -0.2) is 38.0 Å². The number of ether oxygens (including phenoxy) is 2. The van der Waals surface area contributed by atoms with Crippen LogP contribution >= 0.6 is 0 Å². The first kappa shape index (κ1) is 9.39. The van der Waals surface area contributed by atoms with E-state index in [0.29, 0.717) is 13.2 Å². The van der Waals surface area contributed by atoms with Gasteiger partial charge in [0.05, 0.1) is 26.2 Å². The first-order valence-corrected chi connectivity index (χ1v) is 3.06. The molecule has 4 nitrogen and oxygen atoms in total. The minimum Gasteiger partial charge on any atom is -0.481 e. The van der Waals surface area contributed by atoms with E-state index >= 15 is 0 Å². The number of aliphatic carboxylic acids is 1. The highest BCUT2D eigenvalue weighted by Crippen LogP contribution is 1.81. The average Bonchev–Trinajstić information content (AvgIpc) is 1.87. The van der Waals surface area contributed by atoms with Crippen molar-refractivity contribution in [3.8, 4) is 0 Å². The minimum absolute atomic E-state index is 0.0592. The van der Waals surface area contributed by atoms with E-state index in [4.69, 9.17) is 9.84 Å². The van der Waals surface area contributed by atoms with E-state index < -0.39 is 5.97 Å². The lowest BCUT2D eigenvalue weighted by molar-refractivity contribution is -0.138. The van der Waals surface area contributed by atoms with Gasteiger partial charge in [-0.15, -0.1) is 0 Å². The summed E-state index contributed by atoms with van der Waals surface area (Å²) in [7, 11) is 1.57. The van der Waals surface area contributed by atoms with Gasteiger partial charge in [0.1, 0.15) is 0 Å². The van der Waals surface area contributed by atoms with Gasteiger partial charge in [-0.05, 0) is 0 Å². The summed E-state index contributed by atoms with van der Waals surface area (Å²) in [4.78, 5) is 9.92. The molecule has 0 aliphatic heterocycles. The summed E-state index contributed by atoms with van der Waals surface area (Å²) in [6, 6.07) is 0. The lowest BCUT2D eigenvalue weighted by Crippen LogP contribution is -2.06. The van der Waals surface area contributed by atoms with Gasteiger partial charge in [0.15, 0.2) is 0 Å². The van der Waals surface area contributed by atoms with E-state index in [0.717, 1.165) is 0 Å². The summed E-state index contributed by atoms with van der Waals surface area (Å²) in [5.74, 6) is -0.836. The highest BCUT2D eigenvalue weighted by atomic mass is 16.5. The highest BCUT2D eigenvalue weighted by molar-refractivity contribution is 5.66. The number of carbonyl (C=O) groups is 1. The summed E-state index contributed by atoms with van der Waals surface area (Å²) < 4.78 is 9.56. The molecular weight excluding hydrogens is 136 g/mol. The highest BCUT2D eigenvalue weighted by Gasteiger charge is 1.94. The second-order valence-electron chi connectivity index (χ2n) is 1.75. The van der Waals surface area contributed by atoms with Crippen LogP contribution in [0.15, 0.2) is 0 Å². The molecule has 0 atom stereocenters. The van der Waals surface area contributed by atoms with E-state index in [-0.39, 0.29) is 13.0 Å². The molecule has 0 fully saturated rings. The molecule has 60 valence electrons. The summed E-state index contributed by atoms with van der Waals surface area (Å²) >= 11 is 0. The van der Waals surface area contributed by atoms with Crippen molar-refractivity contribution >= 4 is 5.97 Å². The monoisotopic (exact) mass is 148 g/mol. The Kier molecular flexibility index (Phi) is 6.11. The molecule has 0 spiro atoms. The van der Waals surface area contributed by atoms with Gasteiger partial charge in [-0.2, -0.15) is 0 Å². The number of carboxylic acid groups (broad SMARTS) is 1. The normalized spacial score (nSPS) is 9.70. The predicted octanol–water partition coefficient (Wildman–Crippen LogP) is 0.124. The van der Waals surface area contributed by atoms with Crippen molar-refractivity contribution in [3.63, 3.8) is 0 Å². The first-order chi connectivity index (χ1) is 4.77. The quantitative estimate of drug-likeness (QED) is 0.544. The fraction of sp³-hybridized carbons (Fsp3) is 0.833. The Morgan fingerprint density at radius 3 is 2.60 bits per heavy atom. The average molecular weight is 148 g/mol. The zero-order valence-corrected chi connectivity index (χ0v) is 6.00. The fourth-order valence-electron chi connectivity index (χ4n) is 0.404. The molecule has 0 rings (SSSR count). The molecule has 10 heavy (non-hydrogen) atoms. The van der Waals surface area contributed by atoms with Crippen molar-refractivity contribution in [2.45, 2.75) is 6.42 Å². The Balaban J connectivity index is 2.84. The minimum atomic E-state index is -0.836. The molecule has 0 aromatic carbocycles. The molecule has 0 aromatic rings. The molecule has 0 bridgehead atoms. The molecule has 0 aliphatic carbocycles. The molecule has 0 saturated carbocycles. The van der Waals surface area contributed by atoms with E-state index in [9.17, 15) is 4.79 Å². The third-order valence-corrected chi connectivity index (χ3v) is 0.892. The molecule has 0 aliphatic rings. The van der Waals surface area contributed by atoms with Crippen LogP contribution in [0.4, 0.5) is 0 Å². The SMILES string of the molecule is COCCOCCC(=O)O. The van der Waals surface area contributed by atoms with Crippen molar-refractivity contribution in [2.24, 2.45) is 0 Å². The van der Waals surface area contributed by atoms with Crippen LogP contribution < -0.4 is 0 Å². The smallest absolute Gasteiger partial charge is 0.305 e. The van der Waals surface area contributed by atoms with Crippen LogP contribution in [0.5, 0.6) is 0 Å². The number of carboxylic acids is 1. The van der Waals surface area contributed by atoms with Gasteiger partial charge in [-0.3, -0.25) is 4.79 Å². The topological polar surface area (TPSA) is 55.8 Å². The van der Waals surface area contributed by atoms with Crippen molar-refractivity contribution in [1.29, 1.82) is 0 Å². The van der Waals surface area contributed by atoms with Crippen molar-refractivity contribution < 1.29 is 19.4 Å². The predicted molar refractivity (Wildman–Crippen MR) is 34.9 cm³/mol. The standard InChI is InChI=1S/C6H12O4/c1-9-4-5-10-3-2-6(7)8/h2-5H2,1H3,(H,7,8). The molecule has 0 saturated heterocycles. The van der Waals surface area contributed by atoms with Crippen molar-refractivity contribution in [2.75, 3.05) is 26.9 Å². The van der Waals surface area contributed by atoms with Gasteiger partial charge in [-0.25, -0.2) is 0 Å². The lowest BCUT2D eigenvalue weighted by atomic mass is 10.5. The maximum Gasteiger partial charge on any atom is 0.305 e. The molecule has 4 heteroatoms. The van der Waals surface area contributed by atoms with Gasteiger partial charge in [0.25, 0.3) is 0 Å². The van der Waals surface area contributed by atoms with Gasteiger partial charge >= 0.3 is 5.97 Å². The van der Waals surface area contributed by atoms with Gasteiger partial charge in [0.2, 0.25) is 0 Å². The van der Waals surface area contributed by atoms with Gasteiger partial charge in [0, 0.05) is 7.11 Å². The Labute approximate surface area is 59.7 Å². The van der Waals surface area contributed by atoms with E-state index in [1.54, 1.807) is 7.11 Å². The summed E-state index contributed by atoms with van der Waals surface area (Å²) in [5, 5.41) is 8.16. The van der Waals surface area contributed by atoms with Crippen LogP contribution in [0, 0.1) is 0 Å². The Hall–Kier alpha value is -0.610. The number of methoxy groups -OCH3 is 1. The fourth-order valence-corrected chi connectivity index (χ4v) is 0.404. The molecular formula is C6H12O4. The molecule has 0 amide bonds. The zero-order valence-electron chi connectivity index (χ0n) is 6.00. The third kappa shape index (κ3) is 7.39. The Morgan fingerprint density at radius 2 is 2.10 bits per heavy atom. The van der Waals surface area contributed by atoms with Crippen LogP contribution in [0.2, 0.25) is 0 Å². The van der Waals surface area contributed by atoms with Crippen molar-refractivity contribution in [3.05, 3.63) is 0 Å². The van der Waals surface area contributed by atoms with Crippen LogP contribution in [-0.2, 0) is 14.3 Å². The van der Waals surface area contributed by atoms with E-state index in [1.807, 2.05) is 0 Å². The van der Waals surface area contributed by atoms with Crippen LogP contribution in [0.3, 0.4) is 0 Å². The Bertz CT molecular complexity index is 91.7. The zero-order chi connectivity index (χ0) is 7.82. The van der Waals surface area contributed by atoms with E-state index in [1.165, 1.54) is 0 Å². The number of rotatable bonds is 6. The van der Waals surface area contributed by atoms with E-state index in [2.05, 4.69) is 4.74 Å².